The molecular weight excluding hydrogens is 733 g/mol. The average Bonchev–Trinajstić information content (AvgIpc) is 3.82. The molecule has 0 radical (unpaired) electrons. The summed E-state index contributed by atoms with van der Waals surface area (Å²) in [7, 11) is 0. The highest BCUT2D eigenvalue weighted by Gasteiger charge is 2.54. The van der Waals surface area contributed by atoms with Crippen LogP contribution in [0.2, 0.25) is 0 Å². The lowest BCUT2D eigenvalue weighted by Crippen LogP contribution is -2.26. The normalized spacial score (nSPS) is 13.4. The largest absolute Gasteiger partial charge is 0.0738 e. The van der Waals surface area contributed by atoms with Crippen LogP contribution in [-0.4, -0.2) is 0 Å². The van der Waals surface area contributed by atoms with Crippen LogP contribution in [0.5, 0.6) is 0 Å². The van der Waals surface area contributed by atoms with E-state index in [2.05, 4.69) is 218 Å². The monoisotopic (exact) mass is 768 g/mol. The molecule has 0 aromatic heterocycles. The lowest BCUT2D eigenvalue weighted by molar-refractivity contribution is 0.810. The first-order valence-electron chi connectivity index (χ1n) is 21.4. The van der Waals surface area contributed by atoms with Crippen LogP contribution in [0.4, 0.5) is 0 Å². The fraction of sp³-hybridized carbons (Fsp3) is 0.0164. The highest BCUT2D eigenvalue weighted by Crippen LogP contribution is 2.68. The summed E-state index contributed by atoms with van der Waals surface area (Å²) in [5, 5.41) is 15.5. The smallest absolute Gasteiger partial charge is 0.0619 e. The Hall–Kier alpha value is -7.80. The minimum absolute atomic E-state index is 0.535. The maximum absolute atomic E-state index is 2.50. The van der Waals surface area contributed by atoms with Gasteiger partial charge in [-0.05, 0) is 144 Å². The fourth-order valence-electron chi connectivity index (χ4n) is 11.9. The van der Waals surface area contributed by atoms with E-state index in [0.29, 0.717) is 0 Å². The Morgan fingerprint density at radius 3 is 1.26 bits per heavy atom. The van der Waals surface area contributed by atoms with Gasteiger partial charge in [-0.3, -0.25) is 0 Å². The van der Waals surface area contributed by atoms with Crippen molar-refractivity contribution in [2.24, 2.45) is 0 Å². The molecule has 0 saturated heterocycles. The molecule has 0 unspecified atom stereocenters. The standard InChI is InChI=1S/C61H36/c1-2-18-39-37(17-1)35-53(45-24-6-5-20-41(39)45)42-21-4-3-19-40(42)38-33-34-52-54(36-38)46-25-8-11-29-50(46)58-57-49-28-10-7-22-43(49)44-23-9-12-30-51(44)59(57)61(60(52)58)55-31-15-13-26-47(55)48-27-14-16-32-56(48)61/h1-36H. The summed E-state index contributed by atoms with van der Waals surface area (Å²) in [6, 6.07) is 82.4. The molecule has 0 N–H and O–H groups in total. The first kappa shape index (κ1) is 33.1. The van der Waals surface area contributed by atoms with Crippen LogP contribution in [0.25, 0.3) is 109 Å². The lowest BCUT2D eigenvalue weighted by atomic mass is 9.68. The van der Waals surface area contributed by atoms with Gasteiger partial charge in [-0.1, -0.05) is 206 Å². The van der Waals surface area contributed by atoms with Gasteiger partial charge in [0.05, 0.1) is 5.41 Å². The summed E-state index contributed by atoms with van der Waals surface area (Å²) in [5.74, 6) is 0. The summed E-state index contributed by atoms with van der Waals surface area (Å²) in [5.41, 5.74) is 15.3. The van der Waals surface area contributed by atoms with E-state index in [0.717, 1.165) is 0 Å². The van der Waals surface area contributed by atoms with Gasteiger partial charge in [0.25, 0.3) is 0 Å². The van der Waals surface area contributed by atoms with E-state index in [1.54, 1.807) is 0 Å². The van der Waals surface area contributed by atoms with Crippen molar-refractivity contribution in [1.29, 1.82) is 0 Å². The van der Waals surface area contributed by atoms with Crippen molar-refractivity contribution in [1.82, 2.24) is 0 Å². The number of benzene rings is 12. The molecule has 0 aliphatic heterocycles. The molecule has 0 heterocycles. The average molecular weight is 769 g/mol. The van der Waals surface area contributed by atoms with Crippen LogP contribution in [0.15, 0.2) is 218 Å². The van der Waals surface area contributed by atoms with Crippen LogP contribution in [0, 0.1) is 0 Å². The molecule has 0 nitrogen and oxygen atoms in total. The third-order valence-electron chi connectivity index (χ3n) is 14.2. The summed E-state index contributed by atoms with van der Waals surface area (Å²) in [6.07, 6.45) is 0. The van der Waals surface area contributed by atoms with Crippen LogP contribution in [-0.2, 0) is 5.41 Å². The maximum atomic E-state index is 2.50. The van der Waals surface area contributed by atoms with Crippen LogP contribution < -0.4 is 0 Å². The van der Waals surface area contributed by atoms with E-state index in [1.165, 1.54) is 131 Å². The zero-order valence-corrected chi connectivity index (χ0v) is 33.3. The molecular formula is C61H36. The fourth-order valence-corrected chi connectivity index (χ4v) is 11.9. The Bertz CT molecular complexity index is 3840. The Morgan fingerprint density at radius 1 is 0.230 bits per heavy atom. The Kier molecular flexibility index (Phi) is 6.58. The van der Waals surface area contributed by atoms with Crippen molar-refractivity contribution in [2.45, 2.75) is 5.41 Å². The van der Waals surface area contributed by atoms with Gasteiger partial charge in [-0.2, -0.15) is 0 Å². The summed E-state index contributed by atoms with van der Waals surface area (Å²) in [4.78, 5) is 0. The molecule has 2 aliphatic rings. The lowest BCUT2D eigenvalue weighted by Gasteiger charge is -2.33. The Labute approximate surface area is 353 Å². The van der Waals surface area contributed by atoms with E-state index < -0.39 is 5.41 Å². The molecule has 0 saturated carbocycles. The van der Waals surface area contributed by atoms with E-state index >= 15 is 0 Å². The highest BCUT2D eigenvalue weighted by molar-refractivity contribution is 6.28. The summed E-state index contributed by atoms with van der Waals surface area (Å²) in [6.45, 7) is 0. The molecule has 12 aromatic carbocycles. The molecule has 0 bridgehead atoms. The van der Waals surface area contributed by atoms with Crippen molar-refractivity contribution < 1.29 is 0 Å². The van der Waals surface area contributed by atoms with Gasteiger partial charge in [-0.15, -0.1) is 0 Å². The second-order valence-electron chi connectivity index (χ2n) is 17.0. The maximum Gasteiger partial charge on any atom is 0.0738 e. The Morgan fingerprint density at radius 2 is 0.639 bits per heavy atom. The number of hydrogen-bond donors (Lipinski definition) is 0. The molecule has 0 atom stereocenters. The second-order valence-corrected chi connectivity index (χ2v) is 17.0. The molecule has 14 rings (SSSR count). The highest BCUT2D eigenvalue weighted by atomic mass is 14.5. The van der Waals surface area contributed by atoms with E-state index in [-0.39, 0.29) is 0 Å². The molecule has 61 heavy (non-hydrogen) atoms. The predicted molar refractivity (Wildman–Crippen MR) is 259 cm³/mol. The summed E-state index contributed by atoms with van der Waals surface area (Å²) < 4.78 is 0. The Balaban J connectivity index is 1.14. The molecule has 0 fully saturated rings. The SMILES string of the molecule is c1ccc(-c2cc3ccccc3c3ccccc23)c(-c2ccc3c4c(c5ccccc5c3c2)-c2c(c3ccccc3c3ccccc23)C42c3ccccc3-c3ccccc32)c1. The van der Waals surface area contributed by atoms with Gasteiger partial charge in [0, 0.05) is 0 Å². The van der Waals surface area contributed by atoms with Gasteiger partial charge >= 0.3 is 0 Å². The van der Waals surface area contributed by atoms with Crippen LogP contribution in [0.1, 0.15) is 22.3 Å². The molecule has 2 aliphatic carbocycles. The van der Waals surface area contributed by atoms with Crippen molar-refractivity contribution in [3.8, 4) is 44.5 Å². The molecule has 0 heteroatoms. The van der Waals surface area contributed by atoms with Gasteiger partial charge in [0.1, 0.15) is 0 Å². The summed E-state index contributed by atoms with van der Waals surface area (Å²) >= 11 is 0. The van der Waals surface area contributed by atoms with Crippen molar-refractivity contribution >= 4 is 64.6 Å². The predicted octanol–water partition coefficient (Wildman–Crippen LogP) is 16.3. The minimum atomic E-state index is -0.535. The van der Waals surface area contributed by atoms with E-state index in [1.807, 2.05) is 0 Å². The third kappa shape index (κ3) is 4.19. The topological polar surface area (TPSA) is 0 Å². The van der Waals surface area contributed by atoms with Crippen molar-refractivity contribution in [3.05, 3.63) is 241 Å². The first-order valence-corrected chi connectivity index (χ1v) is 21.4. The third-order valence-corrected chi connectivity index (χ3v) is 14.2. The van der Waals surface area contributed by atoms with Crippen LogP contribution in [0.3, 0.4) is 0 Å². The van der Waals surface area contributed by atoms with E-state index in [9.17, 15) is 0 Å². The van der Waals surface area contributed by atoms with Gasteiger partial charge < -0.3 is 0 Å². The second kappa shape index (κ2) is 12.1. The number of fused-ring (bicyclic) bond motifs is 23. The van der Waals surface area contributed by atoms with Gasteiger partial charge in [-0.25, -0.2) is 0 Å². The number of hydrogen-bond acceptors (Lipinski definition) is 0. The molecule has 12 aromatic rings. The zero-order chi connectivity index (χ0) is 39.8. The first-order chi connectivity index (χ1) is 30.3. The molecule has 0 amide bonds. The van der Waals surface area contributed by atoms with E-state index in [4.69, 9.17) is 0 Å². The zero-order valence-electron chi connectivity index (χ0n) is 33.3. The number of rotatable bonds is 2. The molecule has 1 spiro atoms. The quantitative estimate of drug-likeness (QED) is 0.154. The van der Waals surface area contributed by atoms with Crippen molar-refractivity contribution in [3.63, 3.8) is 0 Å². The van der Waals surface area contributed by atoms with Crippen LogP contribution >= 0.6 is 0 Å². The minimum Gasteiger partial charge on any atom is -0.0619 e. The van der Waals surface area contributed by atoms with Crippen molar-refractivity contribution in [2.75, 3.05) is 0 Å². The molecule has 280 valence electrons. The van der Waals surface area contributed by atoms with Gasteiger partial charge in [0.2, 0.25) is 0 Å². The van der Waals surface area contributed by atoms with Gasteiger partial charge in [0.15, 0.2) is 0 Å².